The van der Waals surface area contributed by atoms with Crippen molar-refractivity contribution in [1.29, 1.82) is 0 Å². The van der Waals surface area contributed by atoms with Crippen LogP contribution in [-0.4, -0.2) is 26.7 Å². The van der Waals surface area contributed by atoms with Crippen molar-refractivity contribution in [2.75, 3.05) is 5.32 Å². The molecule has 0 aliphatic rings. The number of anilines is 1. The number of aromatic carboxylic acids is 1. The number of carboxylic acid groups (broad SMARTS) is 1. The Balaban J connectivity index is 2.41. The van der Waals surface area contributed by atoms with Gasteiger partial charge in [-0.1, -0.05) is 13.8 Å². The highest BCUT2D eigenvalue weighted by atomic mass is 16.4. The molecule has 1 heterocycles. The van der Waals surface area contributed by atoms with Crippen molar-refractivity contribution in [2.24, 2.45) is 13.0 Å². The standard InChI is InChI=1S/C14H19N3O2/c1-8(2)9(3)15-14-16-11-7-10(13(18)19)5-6-12(11)17(14)4/h5-9H,1-4H3,(H,15,16)(H,18,19)/t9-/m1/s1. The minimum atomic E-state index is -0.933. The Morgan fingerprint density at radius 3 is 2.63 bits per heavy atom. The van der Waals surface area contributed by atoms with Gasteiger partial charge in [-0.3, -0.25) is 0 Å². The van der Waals surface area contributed by atoms with E-state index >= 15 is 0 Å². The summed E-state index contributed by atoms with van der Waals surface area (Å²) in [4.78, 5) is 15.4. The summed E-state index contributed by atoms with van der Waals surface area (Å²) in [5.41, 5.74) is 1.87. The number of nitrogens with one attached hydrogen (secondary N) is 1. The largest absolute Gasteiger partial charge is 0.478 e. The molecule has 0 radical (unpaired) electrons. The molecule has 1 aromatic carbocycles. The van der Waals surface area contributed by atoms with Crippen LogP contribution in [0.4, 0.5) is 5.95 Å². The van der Waals surface area contributed by atoms with E-state index in [4.69, 9.17) is 5.11 Å². The second kappa shape index (κ2) is 4.91. The number of hydrogen-bond donors (Lipinski definition) is 2. The van der Waals surface area contributed by atoms with Crippen LogP contribution in [0.2, 0.25) is 0 Å². The minimum Gasteiger partial charge on any atom is -0.478 e. The number of hydrogen-bond acceptors (Lipinski definition) is 3. The zero-order valence-electron chi connectivity index (χ0n) is 11.6. The number of nitrogens with zero attached hydrogens (tertiary/aromatic N) is 2. The van der Waals surface area contributed by atoms with Gasteiger partial charge >= 0.3 is 5.97 Å². The fraction of sp³-hybridized carbons (Fsp3) is 0.429. The first-order valence-electron chi connectivity index (χ1n) is 6.36. The highest BCUT2D eigenvalue weighted by molar-refractivity contribution is 5.93. The Hall–Kier alpha value is -2.04. The third-order valence-corrected chi connectivity index (χ3v) is 3.48. The summed E-state index contributed by atoms with van der Waals surface area (Å²) in [6, 6.07) is 5.29. The van der Waals surface area contributed by atoms with E-state index in [1.54, 1.807) is 18.2 Å². The van der Waals surface area contributed by atoms with Gasteiger partial charge < -0.3 is 15.0 Å². The monoisotopic (exact) mass is 261 g/mol. The van der Waals surface area contributed by atoms with Gasteiger partial charge in [0.05, 0.1) is 16.6 Å². The van der Waals surface area contributed by atoms with E-state index in [0.717, 1.165) is 11.5 Å². The van der Waals surface area contributed by atoms with Crippen molar-refractivity contribution < 1.29 is 9.90 Å². The number of aromatic nitrogens is 2. The Morgan fingerprint density at radius 2 is 2.05 bits per heavy atom. The van der Waals surface area contributed by atoms with E-state index in [9.17, 15) is 4.79 Å². The maximum atomic E-state index is 11.0. The molecule has 0 amide bonds. The number of carboxylic acids is 1. The van der Waals surface area contributed by atoms with E-state index in [-0.39, 0.29) is 5.56 Å². The van der Waals surface area contributed by atoms with E-state index < -0.39 is 5.97 Å². The molecule has 0 unspecified atom stereocenters. The third-order valence-electron chi connectivity index (χ3n) is 3.48. The molecule has 5 nitrogen and oxygen atoms in total. The molecule has 0 saturated heterocycles. The number of carbonyl (C=O) groups is 1. The van der Waals surface area contributed by atoms with Crippen LogP contribution in [0.25, 0.3) is 11.0 Å². The first kappa shape index (κ1) is 13.4. The molecule has 102 valence electrons. The fourth-order valence-electron chi connectivity index (χ4n) is 1.83. The van der Waals surface area contributed by atoms with Crippen molar-refractivity contribution >= 4 is 23.0 Å². The van der Waals surface area contributed by atoms with Gasteiger partial charge in [0.25, 0.3) is 0 Å². The van der Waals surface area contributed by atoms with Gasteiger partial charge in [-0.05, 0) is 31.0 Å². The highest BCUT2D eigenvalue weighted by Crippen LogP contribution is 2.21. The van der Waals surface area contributed by atoms with Crippen molar-refractivity contribution in [2.45, 2.75) is 26.8 Å². The maximum absolute atomic E-state index is 11.0. The van der Waals surface area contributed by atoms with Crippen LogP contribution >= 0.6 is 0 Å². The lowest BCUT2D eigenvalue weighted by atomic mass is 10.1. The van der Waals surface area contributed by atoms with Crippen molar-refractivity contribution in [1.82, 2.24) is 9.55 Å². The van der Waals surface area contributed by atoms with Gasteiger partial charge in [-0.15, -0.1) is 0 Å². The first-order valence-corrected chi connectivity index (χ1v) is 6.36. The Morgan fingerprint density at radius 1 is 1.37 bits per heavy atom. The molecule has 0 spiro atoms. The molecule has 0 aliphatic heterocycles. The van der Waals surface area contributed by atoms with Crippen LogP contribution in [0.1, 0.15) is 31.1 Å². The number of fused-ring (bicyclic) bond motifs is 1. The SMILES string of the molecule is CC(C)[C@@H](C)Nc1nc2cc(C(=O)O)ccc2n1C. The summed E-state index contributed by atoms with van der Waals surface area (Å²) in [5, 5.41) is 12.3. The van der Waals surface area contributed by atoms with Crippen LogP contribution in [-0.2, 0) is 7.05 Å². The first-order chi connectivity index (χ1) is 8.90. The average Bonchev–Trinajstić information content (AvgIpc) is 2.65. The van der Waals surface area contributed by atoms with Gasteiger partial charge in [0.1, 0.15) is 0 Å². The molecule has 1 atom stereocenters. The molecule has 0 saturated carbocycles. The molecule has 5 heteroatoms. The molecule has 2 aromatic rings. The molecule has 0 aliphatic carbocycles. The normalized spacial score (nSPS) is 12.9. The average molecular weight is 261 g/mol. The van der Waals surface area contributed by atoms with Gasteiger partial charge in [0.15, 0.2) is 0 Å². The lowest BCUT2D eigenvalue weighted by molar-refractivity contribution is 0.0697. The summed E-state index contributed by atoms with van der Waals surface area (Å²) in [5.74, 6) is 0.325. The van der Waals surface area contributed by atoms with E-state index in [2.05, 4.69) is 31.1 Å². The smallest absolute Gasteiger partial charge is 0.335 e. The van der Waals surface area contributed by atoms with Crippen LogP contribution in [0.5, 0.6) is 0 Å². The summed E-state index contributed by atoms with van der Waals surface area (Å²) in [6.45, 7) is 6.39. The molecule has 0 bridgehead atoms. The van der Waals surface area contributed by atoms with Crippen LogP contribution < -0.4 is 5.32 Å². The van der Waals surface area contributed by atoms with E-state index in [0.29, 0.717) is 17.5 Å². The predicted molar refractivity (Wildman–Crippen MR) is 75.6 cm³/mol. The zero-order chi connectivity index (χ0) is 14.2. The van der Waals surface area contributed by atoms with E-state index in [1.165, 1.54) is 0 Å². The number of aryl methyl sites for hydroxylation is 1. The third kappa shape index (κ3) is 2.54. The van der Waals surface area contributed by atoms with E-state index in [1.807, 2.05) is 11.6 Å². The molecule has 1 aromatic heterocycles. The molecule has 19 heavy (non-hydrogen) atoms. The number of rotatable bonds is 4. The van der Waals surface area contributed by atoms with Crippen LogP contribution in [0.15, 0.2) is 18.2 Å². The molecule has 2 rings (SSSR count). The summed E-state index contributed by atoms with van der Waals surface area (Å²) >= 11 is 0. The summed E-state index contributed by atoms with van der Waals surface area (Å²) < 4.78 is 1.94. The quantitative estimate of drug-likeness (QED) is 0.888. The fourth-order valence-corrected chi connectivity index (χ4v) is 1.83. The second-order valence-corrected chi connectivity index (χ2v) is 5.18. The van der Waals surface area contributed by atoms with Crippen molar-refractivity contribution in [3.63, 3.8) is 0 Å². The number of imidazole rings is 1. The van der Waals surface area contributed by atoms with Crippen LogP contribution in [0.3, 0.4) is 0 Å². The topological polar surface area (TPSA) is 67.2 Å². The Bertz CT molecular complexity index is 616. The maximum Gasteiger partial charge on any atom is 0.335 e. The van der Waals surface area contributed by atoms with Gasteiger partial charge in [0.2, 0.25) is 5.95 Å². The minimum absolute atomic E-state index is 0.258. The molecule has 0 fully saturated rings. The Labute approximate surface area is 112 Å². The zero-order valence-corrected chi connectivity index (χ0v) is 11.6. The predicted octanol–water partition coefficient (Wildman–Crippen LogP) is 2.73. The molecular formula is C14H19N3O2. The lowest BCUT2D eigenvalue weighted by Gasteiger charge is -2.17. The Kier molecular flexibility index (Phi) is 3.46. The van der Waals surface area contributed by atoms with Crippen molar-refractivity contribution in [3.8, 4) is 0 Å². The van der Waals surface area contributed by atoms with Gasteiger partial charge in [-0.2, -0.15) is 0 Å². The van der Waals surface area contributed by atoms with Crippen LogP contribution in [0, 0.1) is 5.92 Å². The van der Waals surface area contributed by atoms with Gasteiger partial charge in [0, 0.05) is 13.1 Å². The number of benzene rings is 1. The van der Waals surface area contributed by atoms with Crippen molar-refractivity contribution in [3.05, 3.63) is 23.8 Å². The summed E-state index contributed by atoms with van der Waals surface area (Å²) in [7, 11) is 1.92. The summed E-state index contributed by atoms with van der Waals surface area (Å²) in [6.07, 6.45) is 0. The molecular weight excluding hydrogens is 242 g/mol. The van der Waals surface area contributed by atoms with Gasteiger partial charge in [-0.25, -0.2) is 9.78 Å². The molecule has 2 N–H and O–H groups in total. The lowest BCUT2D eigenvalue weighted by Crippen LogP contribution is -2.23. The second-order valence-electron chi connectivity index (χ2n) is 5.18. The highest BCUT2D eigenvalue weighted by Gasteiger charge is 2.13.